The number of rotatable bonds is 6. The van der Waals surface area contributed by atoms with Gasteiger partial charge in [-0.25, -0.2) is 4.79 Å². The van der Waals surface area contributed by atoms with Crippen molar-refractivity contribution in [3.63, 3.8) is 0 Å². The SMILES string of the molecule is COc1ccc(C(=O)Nc2cc(C(=O)O)ccc2N2CCN(C3CCCCC3)CC2)cc1. The number of carbonyl (C=O) groups is 2. The van der Waals surface area contributed by atoms with E-state index < -0.39 is 5.97 Å². The fourth-order valence-electron chi connectivity index (χ4n) is 4.76. The van der Waals surface area contributed by atoms with Gasteiger partial charge in [0.15, 0.2) is 0 Å². The molecule has 1 amide bonds. The summed E-state index contributed by atoms with van der Waals surface area (Å²) in [6.45, 7) is 3.68. The normalized spacial score (nSPS) is 17.7. The third-order valence-corrected chi connectivity index (χ3v) is 6.59. The molecule has 2 aliphatic rings. The smallest absolute Gasteiger partial charge is 0.335 e. The molecule has 0 unspecified atom stereocenters. The summed E-state index contributed by atoms with van der Waals surface area (Å²) < 4.78 is 5.15. The van der Waals surface area contributed by atoms with E-state index in [9.17, 15) is 14.7 Å². The van der Waals surface area contributed by atoms with Gasteiger partial charge < -0.3 is 20.1 Å². The molecule has 0 bridgehead atoms. The van der Waals surface area contributed by atoms with E-state index in [1.807, 2.05) is 6.07 Å². The van der Waals surface area contributed by atoms with Gasteiger partial charge in [0.05, 0.1) is 24.0 Å². The van der Waals surface area contributed by atoms with Gasteiger partial charge in [0, 0.05) is 37.8 Å². The summed E-state index contributed by atoms with van der Waals surface area (Å²) in [5, 5.41) is 12.4. The summed E-state index contributed by atoms with van der Waals surface area (Å²) in [4.78, 5) is 29.2. The van der Waals surface area contributed by atoms with E-state index in [4.69, 9.17) is 4.74 Å². The minimum absolute atomic E-state index is 0.152. The minimum atomic E-state index is -1.02. The lowest BCUT2D eigenvalue weighted by Crippen LogP contribution is -2.51. The number of methoxy groups -OCH3 is 1. The van der Waals surface area contributed by atoms with Crippen LogP contribution in [0, 0.1) is 0 Å². The Kier molecular flexibility index (Phi) is 6.95. The molecule has 2 fully saturated rings. The minimum Gasteiger partial charge on any atom is -0.497 e. The van der Waals surface area contributed by atoms with Crippen LogP contribution < -0.4 is 15.0 Å². The van der Waals surface area contributed by atoms with Crippen molar-refractivity contribution in [1.82, 2.24) is 4.90 Å². The molecule has 7 heteroatoms. The van der Waals surface area contributed by atoms with E-state index >= 15 is 0 Å². The zero-order valence-corrected chi connectivity index (χ0v) is 18.5. The molecule has 1 heterocycles. The van der Waals surface area contributed by atoms with Crippen LogP contribution in [0.3, 0.4) is 0 Å². The van der Waals surface area contributed by atoms with Gasteiger partial charge in [-0.3, -0.25) is 9.69 Å². The second kappa shape index (κ2) is 10.0. The maximum atomic E-state index is 12.9. The lowest BCUT2D eigenvalue weighted by Gasteiger charge is -2.42. The zero-order valence-electron chi connectivity index (χ0n) is 18.5. The van der Waals surface area contributed by atoms with Gasteiger partial charge in [-0.15, -0.1) is 0 Å². The zero-order chi connectivity index (χ0) is 22.5. The van der Waals surface area contributed by atoms with E-state index in [2.05, 4.69) is 15.1 Å². The fourth-order valence-corrected chi connectivity index (χ4v) is 4.76. The van der Waals surface area contributed by atoms with E-state index in [-0.39, 0.29) is 11.5 Å². The molecular weight excluding hydrogens is 406 g/mol. The summed E-state index contributed by atoms with van der Waals surface area (Å²) in [5.74, 6) is -0.623. The summed E-state index contributed by atoms with van der Waals surface area (Å²) in [7, 11) is 1.58. The monoisotopic (exact) mass is 437 g/mol. The number of hydrogen-bond acceptors (Lipinski definition) is 5. The van der Waals surface area contributed by atoms with E-state index in [0.29, 0.717) is 23.0 Å². The van der Waals surface area contributed by atoms with Crippen LogP contribution in [-0.4, -0.2) is 61.2 Å². The third kappa shape index (κ3) is 5.05. The van der Waals surface area contributed by atoms with Crippen LogP contribution in [0.1, 0.15) is 52.8 Å². The molecule has 0 aromatic heterocycles. The Morgan fingerprint density at radius 3 is 2.22 bits per heavy atom. The first-order valence-corrected chi connectivity index (χ1v) is 11.4. The summed E-state index contributed by atoms with van der Waals surface area (Å²) in [6, 6.07) is 12.5. The maximum absolute atomic E-state index is 12.9. The number of amides is 1. The number of nitrogens with zero attached hydrogens (tertiary/aromatic N) is 2. The predicted molar refractivity (Wildman–Crippen MR) is 125 cm³/mol. The van der Waals surface area contributed by atoms with Crippen LogP contribution in [0.25, 0.3) is 0 Å². The average Bonchev–Trinajstić information content (AvgIpc) is 2.84. The van der Waals surface area contributed by atoms with Gasteiger partial charge in [0.2, 0.25) is 0 Å². The van der Waals surface area contributed by atoms with E-state index in [1.165, 1.54) is 32.1 Å². The van der Waals surface area contributed by atoms with E-state index in [1.54, 1.807) is 43.5 Å². The van der Waals surface area contributed by atoms with E-state index in [0.717, 1.165) is 31.9 Å². The van der Waals surface area contributed by atoms with Crippen LogP contribution >= 0.6 is 0 Å². The molecule has 0 spiro atoms. The van der Waals surface area contributed by atoms with Crippen molar-refractivity contribution in [1.29, 1.82) is 0 Å². The largest absolute Gasteiger partial charge is 0.497 e. The summed E-state index contributed by atoms with van der Waals surface area (Å²) in [6.07, 6.45) is 6.57. The van der Waals surface area contributed by atoms with Crippen molar-refractivity contribution >= 4 is 23.3 Å². The third-order valence-electron chi connectivity index (χ3n) is 6.59. The molecule has 32 heavy (non-hydrogen) atoms. The van der Waals surface area contributed by atoms with Crippen LogP contribution in [0.15, 0.2) is 42.5 Å². The van der Waals surface area contributed by atoms with Crippen molar-refractivity contribution in [3.05, 3.63) is 53.6 Å². The van der Waals surface area contributed by atoms with Crippen LogP contribution in [-0.2, 0) is 0 Å². The number of piperazine rings is 1. The Balaban J connectivity index is 1.50. The first kappa shape index (κ1) is 22.1. The highest BCUT2D eigenvalue weighted by molar-refractivity contribution is 6.06. The van der Waals surface area contributed by atoms with Crippen LogP contribution in [0.4, 0.5) is 11.4 Å². The van der Waals surface area contributed by atoms with Gasteiger partial charge in [0.25, 0.3) is 5.91 Å². The molecule has 2 aromatic rings. The lowest BCUT2D eigenvalue weighted by atomic mass is 9.94. The molecule has 0 atom stereocenters. The Labute approximate surface area is 189 Å². The molecular formula is C25H31N3O4. The Bertz CT molecular complexity index is 946. The highest BCUT2D eigenvalue weighted by atomic mass is 16.5. The number of anilines is 2. The number of carboxylic acid groups (broad SMARTS) is 1. The Morgan fingerprint density at radius 2 is 1.59 bits per heavy atom. The molecule has 170 valence electrons. The molecule has 2 aromatic carbocycles. The summed E-state index contributed by atoms with van der Waals surface area (Å²) in [5.41, 5.74) is 2.02. The van der Waals surface area contributed by atoms with Gasteiger partial charge in [-0.2, -0.15) is 0 Å². The highest BCUT2D eigenvalue weighted by Crippen LogP contribution is 2.31. The average molecular weight is 438 g/mol. The van der Waals surface area contributed by atoms with Gasteiger partial charge in [-0.1, -0.05) is 19.3 Å². The van der Waals surface area contributed by atoms with Gasteiger partial charge >= 0.3 is 5.97 Å². The molecule has 4 rings (SSSR count). The fraction of sp³-hybridized carbons (Fsp3) is 0.440. The predicted octanol–water partition coefficient (Wildman–Crippen LogP) is 4.10. The van der Waals surface area contributed by atoms with Crippen LogP contribution in [0.5, 0.6) is 5.75 Å². The molecule has 2 N–H and O–H groups in total. The molecule has 7 nitrogen and oxygen atoms in total. The number of benzene rings is 2. The summed E-state index contributed by atoms with van der Waals surface area (Å²) >= 11 is 0. The number of hydrogen-bond donors (Lipinski definition) is 2. The van der Waals surface area contributed by atoms with Gasteiger partial charge in [-0.05, 0) is 55.3 Å². The van der Waals surface area contributed by atoms with Crippen LogP contribution in [0.2, 0.25) is 0 Å². The number of aromatic carboxylic acids is 1. The lowest BCUT2D eigenvalue weighted by molar-refractivity contribution is 0.0696. The number of ether oxygens (including phenoxy) is 1. The quantitative estimate of drug-likeness (QED) is 0.708. The first-order valence-electron chi connectivity index (χ1n) is 11.4. The maximum Gasteiger partial charge on any atom is 0.335 e. The standard InChI is InChI=1S/C25H31N3O4/c1-32-21-10-7-18(8-11-21)24(29)26-22-17-19(25(30)31)9-12-23(22)28-15-13-27(14-16-28)20-5-3-2-4-6-20/h7-12,17,20H,2-6,13-16H2,1H3,(H,26,29)(H,30,31). The highest BCUT2D eigenvalue weighted by Gasteiger charge is 2.26. The molecule has 1 saturated heterocycles. The second-order valence-corrected chi connectivity index (χ2v) is 8.53. The molecule has 1 saturated carbocycles. The number of carbonyl (C=O) groups excluding carboxylic acids is 1. The Hall–Kier alpha value is -3.06. The second-order valence-electron chi connectivity index (χ2n) is 8.53. The molecule has 0 radical (unpaired) electrons. The molecule has 1 aliphatic heterocycles. The van der Waals surface area contributed by atoms with Crippen molar-refractivity contribution in [3.8, 4) is 5.75 Å². The topological polar surface area (TPSA) is 82.1 Å². The van der Waals surface area contributed by atoms with Crippen molar-refractivity contribution < 1.29 is 19.4 Å². The molecule has 1 aliphatic carbocycles. The van der Waals surface area contributed by atoms with Crippen molar-refractivity contribution in [2.24, 2.45) is 0 Å². The van der Waals surface area contributed by atoms with Crippen molar-refractivity contribution in [2.45, 2.75) is 38.1 Å². The number of carboxylic acids is 1. The van der Waals surface area contributed by atoms with Gasteiger partial charge in [0.1, 0.15) is 5.75 Å². The Morgan fingerprint density at radius 1 is 0.938 bits per heavy atom. The number of nitrogens with one attached hydrogen (secondary N) is 1. The van der Waals surface area contributed by atoms with Crippen molar-refractivity contribution in [2.75, 3.05) is 43.5 Å². The first-order chi connectivity index (χ1) is 15.5.